The third kappa shape index (κ3) is 3.38. The number of para-hydroxylation sites is 1. The molecule has 160 valence electrons. The number of fused-ring (bicyclic) bond motifs is 1. The molecule has 0 aliphatic heterocycles. The van der Waals surface area contributed by atoms with Crippen molar-refractivity contribution < 1.29 is 4.79 Å². The van der Waals surface area contributed by atoms with Crippen LogP contribution in [0.2, 0.25) is 0 Å². The van der Waals surface area contributed by atoms with E-state index in [0.717, 1.165) is 22.6 Å². The molecule has 1 aliphatic carbocycles. The van der Waals surface area contributed by atoms with Crippen LogP contribution in [0.15, 0.2) is 71.8 Å². The Morgan fingerprint density at radius 1 is 0.875 bits per heavy atom. The molecule has 0 unspecified atom stereocenters. The topological polar surface area (TPSA) is 69.8 Å². The van der Waals surface area contributed by atoms with Gasteiger partial charge in [0.2, 0.25) is 0 Å². The van der Waals surface area contributed by atoms with Crippen LogP contribution in [0.4, 0.5) is 0 Å². The summed E-state index contributed by atoms with van der Waals surface area (Å²) in [7, 11) is 0. The van der Waals surface area contributed by atoms with Gasteiger partial charge in [-0.25, -0.2) is 9.67 Å². The molecule has 1 aliphatic rings. The first-order valence-electron chi connectivity index (χ1n) is 10.7. The maximum Gasteiger partial charge on any atom is 0.266 e. The number of benzene rings is 2. The van der Waals surface area contributed by atoms with Crippen molar-refractivity contribution in [3.63, 3.8) is 0 Å². The van der Waals surface area contributed by atoms with E-state index in [2.05, 4.69) is 23.9 Å². The Balaban J connectivity index is 1.79. The lowest BCUT2D eigenvalue weighted by Gasteiger charge is -2.32. The van der Waals surface area contributed by atoms with Crippen LogP contribution in [-0.2, 0) is 6.42 Å². The molecule has 2 heterocycles. The molecule has 0 saturated heterocycles. The highest BCUT2D eigenvalue weighted by Crippen LogP contribution is 2.36. The van der Waals surface area contributed by atoms with Crippen molar-refractivity contribution in [1.29, 1.82) is 0 Å². The number of ketones is 1. The van der Waals surface area contributed by atoms with Crippen LogP contribution >= 0.6 is 0 Å². The SMILES string of the molecule is Cc1ccc(-n2ncnc2-c2cc3c(n(-c4ccccc4)c2=O)CC(C)(C)CC3=O)cc1. The van der Waals surface area contributed by atoms with E-state index in [1.807, 2.05) is 61.5 Å². The van der Waals surface area contributed by atoms with Crippen molar-refractivity contribution in [1.82, 2.24) is 19.3 Å². The summed E-state index contributed by atoms with van der Waals surface area (Å²) in [6, 6.07) is 19.0. The van der Waals surface area contributed by atoms with Crippen molar-refractivity contribution in [2.45, 2.75) is 33.6 Å². The van der Waals surface area contributed by atoms with Gasteiger partial charge in [0.25, 0.3) is 5.56 Å². The first-order valence-corrected chi connectivity index (χ1v) is 10.7. The molecular formula is C26H24N4O2. The molecule has 0 radical (unpaired) electrons. The number of carbonyl (C=O) groups excluding carboxylic acids is 1. The van der Waals surface area contributed by atoms with Crippen molar-refractivity contribution in [3.8, 4) is 22.8 Å². The van der Waals surface area contributed by atoms with Gasteiger partial charge in [-0.1, -0.05) is 49.7 Å². The Bertz CT molecular complexity index is 1380. The van der Waals surface area contributed by atoms with Gasteiger partial charge in [-0.3, -0.25) is 14.2 Å². The fourth-order valence-electron chi connectivity index (χ4n) is 4.42. The molecule has 6 nitrogen and oxygen atoms in total. The molecule has 2 aromatic carbocycles. The van der Waals surface area contributed by atoms with Crippen LogP contribution in [0.5, 0.6) is 0 Å². The van der Waals surface area contributed by atoms with Crippen LogP contribution in [0.3, 0.4) is 0 Å². The van der Waals surface area contributed by atoms with Gasteiger partial charge in [-0.05, 0) is 49.1 Å². The minimum atomic E-state index is -0.212. The lowest BCUT2D eigenvalue weighted by Crippen LogP contribution is -2.35. The zero-order valence-corrected chi connectivity index (χ0v) is 18.4. The van der Waals surface area contributed by atoms with E-state index in [-0.39, 0.29) is 16.8 Å². The van der Waals surface area contributed by atoms with E-state index in [1.165, 1.54) is 6.33 Å². The Morgan fingerprint density at radius 2 is 1.59 bits per heavy atom. The Labute approximate surface area is 186 Å². The molecule has 0 saturated carbocycles. The summed E-state index contributed by atoms with van der Waals surface area (Å²) >= 11 is 0. The Hall–Kier alpha value is -3.80. The van der Waals surface area contributed by atoms with Crippen molar-refractivity contribution in [2.24, 2.45) is 5.41 Å². The van der Waals surface area contributed by atoms with Gasteiger partial charge < -0.3 is 0 Å². The zero-order chi connectivity index (χ0) is 22.5. The number of pyridine rings is 1. The minimum Gasteiger partial charge on any atom is -0.294 e. The largest absolute Gasteiger partial charge is 0.294 e. The van der Waals surface area contributed by atoms with Gasteiger partial charge in [0, 0.05) is 23.4 Å². The molecule has 0 spiro atoms. The van der Waals surface area contributed by atoms with Crippen LogP contribution in [-0.4, -0.2) is 25.1 Å². The molecule has 2 aromatic heterocycles. The van der Waals surface area contributed by atoms with E-state index < -0.39 is 0 Å². The summed E-state index contributed by atoms with van der Waals surface area (Å²) in [5.74, 6) is 0.465. The van der Waals surface area contributed by atoms with E-state index in [9.17, 15) is 9.59 Å². The van der Waals surface area contributed by atoms with Gasteiger partial charge >= 0.3 is 0 Å². The quantitative estimate of drug-likeness (QED) is 0.484. The number of aryl methyl sites for hydroxylation is 1. The maximum atomic E-state index is 13.9. The number of carbonyl (C=O) groups is 1. The number of nitrogens with zero attached hydrogens (tertiary/aromatic N) is 4. The third-order valence-electron chi connectivity index (χ3n) is 5.97. The average molecular weight is 425 g/mol. The lowest BCUT2D eigenvalue weighted by atomic mass is 9.75. The van der Waals surface area contributed by atoms with Crippen LogP contribution < -0.4 is 5.56 Å². The van der Waals surface area contributed by atoms with Gasteiger partial charge in [-0.2, -0.15) is 5.10 Å². The fraction of sp³-hybridized carbons (Fsp3) is 0.231. The van der Waals surface area contributed by atoms with E-state index in [0.29, 0.717) is 29.8 Å². The number of aromatic nitrogens is 4. The first kappa shape index (κ1) is 20.1. The predicted molar refractivity (Wildman–Crippen MR) is 124 cm³/mol. The second-order valence-electron chi connectivity index (χ2n) is 9.17. The highest BCUT2D eigenvalue weighted by Gasteiger charge is 2.35. The molecule has 5 rings (SSSR count). The molecule has 32 heavy (non-hydrogen) atoms. The summed E-state index contributed by atoms with van der Waals surface area (Å²) in [6.45, 7) is 6.15. The van der Waals surface area contributed by atoms with Crippen LogP contribution in [0.25, 0.3) is 22.8 Å². The van der Waals surface area contributed by atoms with Crippen molar-refractivity contribution >= 4 is 5.78 Å². The maximum absolute atomic E-state index is 13.9. The molecular weight excluding hydrogens is 400 g/mol. The highest BCUT2D eigenvalue weighted by molar-refractivity contribution is 5.99. The zero-order valence-electron chi connectivity index (χ0n) is 18.4. The average Bonchev–Trinajstić information content (AvgIpc) is 3.23. The third-order valence-corrected chi connectivity index (χ3v) is 5.97. The van der Waals surface area contributed by atoms with Crippen LogP contribution in [0.1, 0.15) is 41.9 Å². The molecule has 4 aromatic rings. The van der Waals surface area contributed by atoms with Gasteiger partial charge in [0.1, 0.15) is 6.33 Å². The van der Waals surface area contributed by atoms with Crippen molar-refractivity contribution in [3.05, 3.63) is 94.2 Å². The highest BCUT2D eigenvalue weighted by atomic mass is 16.1. The fourth-order valence-corrected chi connectivity index (χ4v) is 4.42. The first-order chi connectivity index (χ1) is 15.3. The van der Waals surface area contributed by atoms with Crippen molar-refractivity contribution in [2.75, 3.05) is 0 Å². The normalized spacial score (nSPS) is 14.9. The van der Waals surface area contributed by atoms with E-state index in [4.69, 9.17) is 0 Å². The molecule has 0 atom stereocenters. The smallest absolute Gasteiger partial charge is 0.266 e. The summed E-state index contributed by atoms with van der Waals surface area (Å²) < 4.78 is 3.33. The second kappa shape index (κ2) is 7.41. The minimum absolute atomic E-state index is 0.0450. The summed E-state index contributed by atoms with van der Waals surface area (Å²) in [6.07, 6.45) is 2.52. The summed E-state index contributed by atoms with van der Waals surface area (Å²) in [4.78, 5) is 31.4. The number of hydrogen-bond donors (Lipinski definition) is 0. The molecule has 0 N–H and O–H groups in total. The monoisotopic (exact) mass is 424 g/mol. The summed E-state index contributed by atoms with van der Waals surface area (Å²) in [5, 5.41) is 4.36. The van der Waals surface area contributed by atoms with Gasteiger partial charge in [-0.15, -0.1) is 0 Å². The van der Waals surface area contributed by atoms with Gasteiger partial charge in [0.05, 0.1) is 11.3 Å². The Morgan fingerprint density at radius 3 is 2.31 bits per heavy atom. The van der Waals surface area contributed by atoms with Gasteiger partial charge in [0.15, 0.2) is 11.6 Å². The number of Topliss-reactive ketones (excluding diaryl/α,β-unsaturated/α-hetero) is 1. The molecule has 0 fully saturated rings. The van der Waals surface area contributed by atoms with Crippen LogP contribution in [0, 0.1) is 12.3 Å². The molecule has 0 bridgehead atoms. The van der Waals surface area contributed by atoms with E-state index in [1.54, 1.807) is 15.3 Å². The van der Waals surface area contributed by atoms with E-state index >= 15 is 0 Å². The Kier molecular flexibility index (Phi) is 4.66. The lowest BCUT2D eigenvalue weighted by molar-refractivity contribution is 0.0909. The molecule has 6 heteroatoms. The summed E-state index contributed by atoms with van der Waals surface area (Å²) in [5.41, 5.74) is 3.95. The number of hydrogen-bond acceptors (Lipinski definition) is 4. The second-order valence-corrected chi connectivity index (χ2v) is 9.17. The number of rotatable bonds is 3. The predicted octanol–water partition coefficient (Wildman–Crippen LogP) is 4.55. The molecule has 0 amide bonds. The standard InChI is InChI=1S/C26H24N4O2/c1-17-9-11-19(12-10-17)30-24(27-16-28-30)21-13-20-22(14-26(2,3)15-23(20)31)29(25(21)32)18-7-5-4-6-8-18/h4-13,16H,14-15H2,1-3H3.